The fourth-order valence-electron chi connectivity index (χ4n) is 1.36. The maximum Gasteiger partial charge on any atom is 0.411 e. The van der Waals surface area contributed by atoms with Gasteiger partial charge in [-0.05, 0) is 12.5 Å². The third kappa shape index (κ3) is 5.56. The first-order valence-electron chi connectivity index (χ1n) is 5.38. The molecule has 0 amide bonds. The number of rotatable bonds is 6. The first kappa shape index (κ1) is 15.2. The van der Waals surface area contributed by atoms with Crippen LogP contribution in [0, 0.1) is 0 Å². The molecule has 1 aromatic heterocycles. The lowest BCUT2D eigenvalue weighted by Crippen LogP contribution is -2.22. The van der Waals surface area contributed by atoms with E-state index in [1.54, 1.807) is 0 Å². The van der Waals surface area contributed by atoms with Gasteiger partial charge in [0.05, 0.1) is 5.56 Å². The fraction of sp³-hybridized carbons (Fsp3) is 0.455. The van der Waals surface area contributed by atoms with Crippen molar-refractivity contribution >= 4 is 5.97 Å². The van der Waals surface area contributed by atoms with Gasteiger partial charge >= 0.3 is 12.1 Å². The molecule has 0 radical (unpaired) electrons. The number of carboxylic acids is 1. The number of ether oxygens (including phenoxy) is 1. The molecule has 0 bridgehead atoms. The minimum absolute atomic E-state index is 0.0594. The second-order valence-electron chi connectivity index (χ2n) is 3.78. The average Bonchev–Trinajstić information content (AvgIpc) is 2.29. The number of aryl methyl sites for hydroxylation is 1. The van der Waals surface area contributed by atoms with Crippen molar-refractivity contribution in [3.05, 3.63) is 34.2 Å². The van der Waals surface area contributed by atoms with E-state index in [-0.39, 0.29) is 25.1 Å². The molecule has 0 aliphatic heterocycles. The van der Waals surface area contributed by atoms with E-state index in [0.717, 1.165) is 16.8 Å². The fourth-order valence-corrected chi connectivity index (χ4v) is 1.36. The smallest absolute Gasteiger partial charge is 0.411 e. The van der Waals surface area contributed by atoms with Gasteiger partial charge in [0.25, 0.3) is 5.56 Å². The number of aromatic nitrogens is 1. The Kier molecular flexibility index (Phi) is 5.11. The van der Waals surface area contributed by atoms with Crippen LogP contribution in [-0.4, -0.2) is 35.0 Å². The molecule has 8 heteroatoms. The van der Waals surface area contributed by atoms with Crippen LogP contribution in [0.4, 0.5) is 13.2 Å². The Balaban J connectivity index is 2.47. The van der Waals surface area contributed by atoms with Crippen molar-refractivity contribution in [1.29, 1.82) is 0 Å². The van der Waals surface area contributed by atoms with Crippen LogP contribution in [0.1, 0.15) is 16.8 Å². The predicted octanol–water partition coefficient (Wildman–Crippen LogP) is 1.52. The third-order valence-electron chi connectivity index (χ3n) is 2.18. The van der Waals surface area contributed by atoms with Gasteiger partial charge in [0.1, 0.15) is 6.61 Å². The zero-order chi connectivity index (χ0) is 14.5. The highest BCUT2D eigenvalue weighted by molar-refractivity contribution is 5.87. The van der Waals surface area contributed by atoms with Gasteiger partial charge in [-0.2, -0.15) is 13.2 Å². The number of aromatic carboxylic acids is 1. The first-order chi connectivity index (χ1) is 8.79. The molecule has 0 spiro atoms. The zero-order valence-electron chi connectivity index (χ0n) is 9.81. The van der Waals surface area contributed by atoms with Crippen LogP contribution in [0.2, 0.25) is 0 Å². The molecule has 0 unspecified atom stereocenters. The monoisotopic (exact) mass is 279 g/mol. The van der Waals surface area contributed by atoms with Crippen LogP contribution in [0.3, 0.4) is 0 Å². The number of halogens is 3. The van der Waals surface area contributed by atoms with Crippen LogP contribution in [-0.2, 0) is 11.3 Å². The van der Waals surface area contributed by atoms with Crippen LogP contribution in [0.5, 0.6) is 0 Å². The second-order valence-corrected chi connectivity index (χ2v) is 3.78. The molecule has 0 aromatic carbocycles. The molecule has 0 atom stereocenters. The van der Waals surface area contributed by atoms with Gasteiger partial charge in [-0.1, -0.05) is 0 Å². The van der Waals surface area contributed by atoms with Gasteiger partial charge in [0.2, 0.25) is 0 Å². The number of carbonyl (C=O) groups is 1. The predicted molar refractivity (Wildman–Crippen MR) is 59.2 cm³/mol. The molecule has 1 rings (SSSR count). The summed E-state index contributed by atoms with van der Waals surface area (Å²) >= 11 is 0. The highest BCUT2D eigenvalue weighted by Gasteiger charge is 2.27. The van der Waals surface area contributed by atoms with Gasteiger partial charge < -0.3 is 14.4 Å². The van der Waals surface area contributed by atoms with E-state index in [2.05, 4.69) is 4.74 Å². The molecule has 1 heterocycles. The molecule has 1 aromatic rings. The average molecular weight is 279 g/mol. The molecule has 0 saturated carbocycles. The van der Waals surface area contributed by atoms with E-state index in [4.69, 9.17) is 5.11 Å². The number of nitrogens with zero attached hydrogens (tertiary/aromatic N) is 1. The van der Waals surface area contributed by atoms with E-state index in [1.165, 1.54) is 6.07 Å². The highest BCUT2D eigenvalue weighted by Crippen LogP contribution is 2.14. The Morgan fingerprint density at radius 3 is 2.63 bits per heavy atom. The third-order valence-corrected chi connectivity index (χ3v) is 2.18. The summed E-state index contributed by atoms with van der Waals surface area (Å²) < 4.78 is 40.8. The lowest BCUT2D eigenvalue weighted by molar-refractivity contribution is -0.174. The van der Waals surface area contributed by atoms with Crippen LogP contribution in [0.15, 0.2) is 23.1 Å². The number of alkyl halides is 3. The minimum Gasteiger partial charge on any atom is -0.478 e. The number of carboxylic acid groups (broad SMARTS) is 1. The molecular formula is C11H12F3NO4. The summed E-state index contributed by atoms with van der Waals surface area (Å²) in [6.07, 6.45) is -3.05. The van der Waals surface area contributed by atoms with Crippen LogP contribution < -0.4 is 5.56 Å². The Morgan fingerprint density at radius 2 is 2.05 bits per heavy atom. The summed E-state index contributed by atoms with van der Waals surface area (Å²) in [5.74, 6) is -1.18. The van der Waals surface area contributed by atoms with Gasteiger partial charge in [0, 0.05) is 25.4 Å². The van der Waals surface area contributed by atoms with E-state index >= 15 is 0 Å². The topological polar surface area (TPSA) is 68.5 Å². The maximum atomic E-state index is 11.8. The van der Waals surface area contributed by atoms with Crippen molar-refractivity contribution in [2.45, 2.75) is 19.1 Å². The van der Waals surface area contributed by atoms with E-state index < -0.39 is 24.3 Å². The zero-order valence-corrected chi connectivity index (χ0v) is 9.81. The first-order valence-corrected chi connectivity index (χ1v) is 5.38. The molecule has 5 nitrogen and oxygen atoms in total. The van der Waals surface area contributed by atoms with Crippen molar-refractivity contribution < 1.29 is 27.8 Å². The van der Waals surface area contributed by atoms with Crippen molar-refractivity contribution in [3.8, 4) is 0 Å². The number of hydrogen-bond acceptors (Lipinski definition) is 3. The lowest BCUT2D eigenvalue weighted by Gasteiger charge is -2.09. The number of hydrogen-bond donors (Lipinski definition) is 1. The highest BCUT2D eigenvalue weighted by atomic mass is 19.4. The SMILES string of the molecule is O=C(O)c1ccc(=O)n(CCCOCC(F)(F)F)c1. The van der Waals surface area contributed by atoms with Crippen LogP contribution >= 0.6 is 0 Å². The Hall–Kier alpha value is -1.83. The Bertz CT molecular complexity index is 495. The van der Waals surface area contributed by atoms with Crippen LogP contribution in [0.25, 0.3) is 0 Å². The summed E-state index contributed by atoms with van der Waals surface area (Å²) in [6, 6.07) is 2.27. The minimum atomic E-state index is -4.37. The summed E-state index contributed by atoms with van der Waals surface area (Å²) in [4.78, 5) is 22.1. The summed E-state index contributed by atoms with van der Waals surface area (Å²) in [5.41, 5.74) is -0.475. The molecule has 0 aliphatic rings. The van der Waals surface area contributed by atoms with Crippen molar-refractivity contribution in [3.63, 3.8) is 0 Å². The quantitative estimate of drug-likeness (QED) is 0.801. The lowest BCUT2D eigenvalue weighted by atomic mass is 10.3. The largest absolute Gasteiger partial charge is 0.478 e. The molecule has 0 aliphatic carbocycles. The van der Waals surface area contributed by atoms with Crippen molar-refractivity contribution in [2.75, 3.05) is 13.2 Å². The van der Waals surface area contributed by atoms with E-state index in [0.29, 0.717) is 0 Å². The summed E-state index contributed by atoms with van der Waals surface area (Å²) in [6.45, 7) is -1.40. The van der Waals surface area contributed by atoms with Crippen molar-refractivity contribution in [1.82, 2.24) is 4.57 Å². The van der Waals surface area contributed by atoms with Gasteiger partial charge in [0.15, 0.2) is 0 Å². The van der Waals surface area contributed by atoms with Gasteiger partial charge in [-0.15, -0.1) is 0 Å². The Morgan fingerprint density at radius 1 is 1.37 bits per heavy atom. The molecule has 19 heavy (non-hydrogen) atoms. The normalized spacial score (nSPS) is 11.5. The molecule has 106 valence electrons. The Labute approximate surface area is 106 Å². The summed E-state index contributed by atoms with van der Waals surface area (Å²) in [7, 11) is 0. The molecule has 0 fully saturated rings. The number of pyridine rings is 1. The maximum absolute atomic E-state index is 11.8. The molecule has 1 N–H and O–H groups in total. The summed E-state index contributed by atoms with van der Waals surface area (Å²) in [5, 5.41) is 8.73. The van der Waals surface area contributed by atoms with E-state index in [9.17, 15) is 22.8 Å². The second kappa shape index (κ2) is 6.37. The van der Waals surface area contributed by atoms with Crippen molar-refractivity contribution in [2.24, 2.45) is 0 Å². The van der Waals surface area contributed by atoms with Gasteiger partial charge in [-0.3, -0.25) is 4.79 Å². The van der Waals surface area contributed by atoms with E-state index in [1.807, 2.05) is 0 Å². The molecular weight excluding hydrogens is 267 g/mol. The standard InChI is InChI=1S/C11H12F3NO4/c12-11(13,14)7-19-5-1-4-15-6-8(10(17)18)2-3-9(15)16/h2-3,6H,1,4-5,7H2,(H,17,18). The van der Waals surface area contributed by atoms with Gasteiger partial charge in [-0.25, -0.2) is 4.79 Å². The molecule has 0 saturated heterocycles.